The zero-order chi connectivity index (χ0) is 18.6. The number of carboxylic acids is 1. The molecule has 0 aromatic heterocycles. The van der Waals surface area contributed by atoms with Crippen LogP contribution in [0.3, 0.4) is 0 Å². The van der Waals surface area contributed by atoms with Crippen molar-refractivity contribution in [3.8, 4) is 0 Å². The second-order valence-electron chi connectivity index (χ2n) is 5.54. The van der Waals surface area contributed by atoms with E-state index in [0.29, 0.717) is 32.0 Å². The molecule has 1 aliphatic heterocycles. The molecule has 1 fully saturated rings. The number of aliphatic carboxylic acids is 1. The van der Waals surface area contributed by atoms with Crippen LogP contribution >= 0.6 is 0 Å². The van der Waals surface area contributed by atoms with Gasteiger partial charge in [0.05, 0.1) is 23.7 Å². The summed E-state index contributed by atoms with van der Waals surface area (Å²) in [5.74, 6) is -1.71. The molecule has 0 radical (unpaired) electrons. The van der Waals surface area contributed by atoms with E-state index in [0.717, 1.165) is 4.90 Å². The Labute approximate surface area is 146 Å². The van der Waals surface area contributed by atoms with Crippen molar-refractivity contribution in [3.05, 3.63) is 23.8 Å². The van der Waals surface area contributed by atoms with Gasteiger partial charge in [-0.3, -0.25) is 9.59 Å². The van der Waals surface area contributed by atoms with Crippen molar-refractivity contribution < 1.29 is 27.9 Å². The second-order valence-corrected chi connectivity index (χ2v) is 7.10. The molecule has 2 rings (SSSR count). The Morgan fingerprint density at radius 2 is 1.96 bits per heavy atom. The standard InChI is InChI=1S/C15H21N3O6S/c1-2-17(10-14(19)20)15(21)12-9-11(25(16,22)23)3-4-13(12)18-5-7-24-8-6-18/h3-4,9H,2,5-8,10H2,1H3,(H,19,20)(H2,16,22,23). The van der Waals surface area contributed by atoms with E-state index in [1.165, 1.54) is 18.2 Å². The Hall–Kier alpha value is -2.17. The van der Waals surface area contributed by atoms with Gasteiger partial charge in [0.25, 0.3) is 5.91 Å². The fourth-order valence-electron chi connectivity index (χ4n) is 2.60. The van der Waals surface area contributed by atoms with Gasteiger partial charge in [-0.2, -0.15) is 0 Å². The molecule has 0 spiro atoms. The molecule has 9 nitrogen and oxygen atoms in total. The van der Waals surface area contributed by atoms with E-state index in [9.17, 15) is 18.0 Å². The molecule has 1 aromatic rings. The van der Waals surface area contributed by atoms with Crippen LogP contribution in [-0.4, -0.2) is 69.7 Å². The van der Waals surface area contributed by atoms with E-state index in [1.54, 1.807) is 6.92 Å². The van der Waals surface area contributed by atoms with Gasteiger partial charge >= 0.3 is 5.97 Å². The predicted octanol–water partition coefficient (Wildman–Crippen LogP) is -0.283. The summed E-state index contributed by atoms with van der Waals surface area (Å²) < 4.78 is 28.6. The van der Waals surface area contributed by atoms with Crippen molar-refractivity contribution in [2.45, 2.75) is 11.8 Å². The maximum absolute atomic E-state index is 12.8. The molecule has 0 atom stereocenters. The molecule has 0 bridgehead atoms. The van der Waals surface area contributed by atoms with E-state index < -0.39 is 28.4 Å². The normalized spacial score (nSPS) is 15.0. The summed E-state index contributed by atoms with van der Waals surface area (Å²) in [6, 6.07) is 4.06. The van der Waals surface area contributed by atoms with Gasteiger partial charge in [-0.1, -0.05) is 0 Å². The summed E-state index contributed by atoms with van der Waals surface area (Å²) >= 11 is 0. The van der Waals surface area contributed by atoms with Gasteiger partial charge in [0.1, 0.15) is 6.54 Å². The minimum Gasteiger partial charge on any atom is -0.480 e. The Bertz CT molecular complexity index is 759. The van der Waals surface area contributed by atoms with Gasteiger partial charge in [0.2, 0.25) is 10.0 Å². The lowest BCUT2D eigenvalue weighted by Crippen LogP contribution is -2.40. The van der Waals surface area contributed by atoms with Gasteiger partial charge in [0.15, 0.2) is 0 Å². The number of morpholine rings is 1. The quantitative estimate of drug-likeness (QED) is 0.703. The number of carbonyl (C=O) groups excluding carboxylic acids is 1. The van der Waals surface area contributed by atoms with Crippen molar-refractivity contribution in [2.24, 2.45) is 5.14 Å². The lowest BCUT2D eigenvalue weighted by molar-refractivity contribution is -0.137. The lowest BCUT2D eigenvalue weighted by atomic mass is 10.1. The first-order chi connectivity index (χ1) is 11.7. The van der Waals surface area contributed by atoms with E-state index in [2.05, 4.69) is 0 Å². The summed E-state index contributed by atoms with van der Waals surface area (Å²) in [6.07, 6.45) is 0. The number of sulfonamides is 1. The first-order valence-corrected chi connectivity index (χ1v) is 9.29. The molecule has 25 heavy (non-hydrogen) atoms. The van der Waals surface area contributed by atoms with Crippen molar-refractivity contribution in [1.29, 1.82) is 0 Å². The highest BCUT2D eigenvalue weighted by molar-refractivity contribution is 7.89. The number of likely N-dealkylation sites (N-methyl/N-ethyl adjacent to an activating group) is 1. The number of rotatable bonds is 6. The maximum Gasteiger partial charge on any atom is 0.323 e. The minimum atomic E-state index is -3.99. The summed E-state index contributed by atoms with van der Waals surface area (Å²) in [5.41, 5.74) is 0.640. The molecular weight excluding hydrogens is 350 g/mol. The van der Waals surface area contributed by atoms with Crippen LogP contribution in [0.5, 0.6) is 0 Å². The molecule has 1 aromatic carbocycles. The molecule has 1 aliphatic rings. The average Bonchev–Trinajstić information content (AvgIpc) is 2.58. The second kappa shape index (κ2) is 7.81. The van der Waals surface area contributed by atoms with Crippen LogP contribution in [0.25, 0.3) is 0 Å². The van der Waals surface area contributed by atoms with Crippen LogP contribution in [0, 0.1) is 0 Å². The van der Waals surface area contributed by atoms with Gasteiger partial charge in [-0.15, -0.1) is 0 Å². The van der Waals surface area contributed by atoms with Gasteiger partial charge in [-0.25, -0.2) is 13.6 Å². The lowest BCUT2D eigenvalue weighted by Gasteiger charge is -2.31. The van der Waals surface area contributed by atoms with Gasteiger partial charge in [0, 0.05) is 25.3 Å². The van der Waals surface area contributed by atoms with Crippen molar-refractivity contribution in [2.75, 3.05) is 44.3 Å². The van der Waals surface area contributed by atoms with E-state index in [1.807, 2.05) is 4.90 Å². The molecule has 10 heteroatoms. The molecule has 1 heterocycles. The third kappa shape index (κ3) is 4.68. The number of anilines is 1. The van der Waals surface area contributed by atoms with E-state index >= 15 is 0 Å². The maximum atomic E-state index is 12.8. The van der Waals surface area contributed by atoms with Crippen LogP contribution in [0.1, 0.15) is 17.3 Å². The monoisotopic (exact) mass is 371 g/mol. The number of amides is 1. The molecule has 1 amide bonds. The van der Waals surface area contributed by atoms with Crippen LogP contribution < -0.4 is 10.0 Å². The van der Waals surface area contributed by atoms with Gasteiger partial charge < -0.3 is 19.6 Å². The van der Waals surface area contributed by atoms with Crippen LogP contribution in [-0.2, 0) is 19.6 Å². The summed E-state index contributed by atoms with van der Waals surface area (Å²) in [6.45, 7) is 3.40. The van der Waals surface area contributed by atoms with Crippen LogP contribution in [0.4, 0.5) is 5.69 Å². The van der Waals surface area contributed by atoms with Gasteiger partial charge in [-0.05, 0) is 25.1 Å². The number of carbonyl (C=O) groups is 2. The minimum absolute atomic E-state index is 0.108. The van der Waals surface area contributed by atoms with Crippen molar-refractivity contribution in [3.63, 3.8) is 0 Å². The summed E-state index contributed by atoms with van der Waals surface area (Å²) in [4.78, 5) is 26.6. The SMILES string of the molecule is CCN(CC(=O)O)C(=O)c1cc(S(N)(=O)=O)ccc1N1CCOCC1. The highest BCUT2D eigenvalue weighted by Gasteiger charge is 2.25. The molecule has 138 valence electrons. The highest BCUT2D eigenvalue weighted by atomic mass is 32.2. The summed E-state index contributed by atoms with van der Waals surface area (Å²) in [7, 11) is -3.99. The highest BCUT2D eigenvalue weighted by Crippen LogP contribution is 2.26. The third-order valence-corrected chi connectivity index (χ3v) is 4.78. The molecule has 0 saturated carbocycles. The van der Waals surface area contributed by atoms with Crippen molar-refractivity contribution >= 4 is 27.6 Å². The number of hydrogen-bond acceptors (Lipinski definition) is 6. The molecule has 0 aliphatic carbocycles. The molecule has 3 N–H and O–H groups in total. The average molecular weight is 371 g/mol. The van der Waals surface area contributed by atoms with Crippen LogP contribution in [0.2, 0.25) is 0 Å². The Morgan fingerprint density at radius 1 is 1.32 bits per heavy atom. The first-order valence-electron chi connectivity index (χ1n) is 7.74. The third-order valence-electron chi connectivity index (χ3n) is 3.87. The number of nitrogens with zero attached hydrogens (tertiary/aromatic N) is 2. The molecular formula is C15H21N3O6S. The largest absolute Gasteiger partial charge is 0.480 e. The fraction of sp³-hybridized carbons (Fsp3) is 0.467. The number of ether oxygens (including phenoxy) is 1. The van der Waals surface area contributed by atoms with E-state index in [-0.39, 0.29) is 17.0 Å². The summed E-state index contributed by atoms with van der Waals surface area (Å²) in [5, 5.41) is 14.1. The Morgan fingerprint density at radius 3 is 2.48 bits per heavy atom. The molecule has 0 unspecified atom stereocenters. The van der Waals surface area contributed by atoms with Crippen molar-refractivity contribution in [1.82, 2.24) is 4.90 Å². The number of primary sulfonamides is 1. The fourth-order valence-corrected chi connectivity index (χ4v) is 3.14. The van der Waals surface area contributed by atoms with E-state index in [4.69, 9.17) is 15.0 Å². The predicted molar refractivity (Wildman–Crippen MR) is 90.1 cm³/mol. The van der Waals surface area contributed by atoms with Crippen LogP contribution in [0.15, 0.2) is 23.1 Å². The smallest absolute Gasteiger partial charge is 0.323 e. The first kappa shape index (κ1) is 19.2. The molecule has 1 saturated heterocycles. The Balaban J connectivity index is 2.49. The topological polar surface area (TPSA) is 130 Å². The number of hydrogen-bond donors (Lipinski definition) is 2. The zero-order valence-electron chi connectivity index (χ0n) is 13.8. The number of benzene rings is 1. The number of nitrogens with two attached hydrogens (primary N) is 1. The Kier molecular flexibility index (Phi) is 5.98. The zero-order valence-corrected chi connectivity index (χ0v) is 14.7. The number of carboxylic acid groups (broad SMARTS) is 1.